The molecule has 7 heteroatoms. The van der Waals surface area contributed by atoms with Crippen LogP contribution in [-0.4, -0.2) is 62.6 Å². The zero-order valence-corrected chi connectivity index (χ0v) is 6.54. The van der Waals surface area contributed by atoms with Gasteiger partial charge >= 0.3 is 5.97 Å². The molecule has 0 fully saturated rings. The normalized spacial score (nSPS) is 20.4. The predicted molar refractivity (Wildman–Crippen MR) is 37.6 cm³/mol. The Morgan fingerprint density at radius 2 is 1.77 bits per heavy atom. The van der Waals surface area contributed by atoms with Crippen molar-refractivity contribution in [3.05, 3.63) is 0 Å². The molecule has 5 N–H and O–H groups in total. The molecule has 0 saturated heterocycles. The van der Waals surface area contributed by atoms with E-state index in [9.17, 15) is 9.18 Å². The van der Waals surface area contributed by atoms with Crippen LogP contribution in [-0.2, 0) is 4.79 Å². The topological polar surface area (TPSA) is 118 Å². The van der Waals surface area contributed by atoms with Crippen LogP contribution in [0.5, 0.6) is 0 Å². The fraction of sp³-hybridized carbons (Fsp3) is 0.833. The van der Waals surface area contributed by atoms with Gasteiger partial charge in [-0.2, -0.15) is 0 Å². The summed E-state index contributed by atoms with van der Waals surface area (Å²) >= 11 is 0. The summed E-state index contributed by atoms with van der Waals surface area (Å²) in [4.78, 5) is 10.0. The van der Waals surface area contributed by atoms with Crippen molar-refractivity contribution < 1.29 is 34.7 Å². The first-order chi connectivity index (χ1) is 5.91. The molecule has 78 valence electrons. The first kappa shape index (κ1) is 12.2. The lowest BCUT2D eigenvalue weighted by Gasteiger charge is -2.21. The fourth-order valence-corrected chi connectivity index (χ4v) is 0.643. The number of halogens is 1. The van der Waals surface area contributed by atoms with Crippen molar-refractivity contribution in [2.45, 2.75) is 24.5 Å². The standard InChI is InChI=1S/C6H11FO6/c7-3(5(11)6(12)13)4(10)2(9)1-8/h2-5,8-11H,1H2,(H,12,13). The highest BCUT2D eigenvalue weighted by molar-refractivity contribution is 5.72. The van der Waals surface area contributed by atoms with Gasteiger partial charge in [-0.1, -0.05) is 0 Å². The summed E-state index contributed by atoms with van der Waals surface area (Å²) in [5.41, 5.74) is 0. The van der Waals surface area contributed by atoms with Gasteiger partial charge in [-0.05, 0) is 0 Å². The van der Waals surface area contributed by atoms with Crippen LogP contribution in [0.15, 0.2) is 0 Å². The van der Waals surface area contributed by atoms with Gasteiger partial charge in [0.05, 0.1) is 6.61 Å². The first-order valence-corrected chi connectivity index (χ1v) is 3.43. The molecule has 13 heavy (non-hydrogen) atoms. The number of carboxylic acid groups (broad SMARTS) is 1. The van der Waals surface area contributed by atoms with Crippen molar-refractivity contribution in [1.29, 1.82) is 0 Å². The highest BCUT2D eigenvalue weighted by Gasteiger charge is 2.35. The summed E-state index contributed by atoms with van der Waals surface area (Å²) in [6, 6.07) is 0. The fourth-order valence-electron chi connectivity index (χ4n) is 0.643. The lowest BCUT2D eigenvalue weighted by Crippen LogP contribution is -2.46. The molecule has 0 amide bonds. The summed E-state index contributed by atoms with van der Waals surface area (Å²) in [5.74, 6) is -1.85. The van der Waals surface area contributed by atoms with Gasteiger partial charge < -0.3 is 25.5 Å². The van der Waals surface area contributed by atoms with E-state index < -0.39 is 37.1 Å². The van der Waals surface area contributed by atoms with Gasteiger partial charge in [0.2, 0.25) is 0 Å². The predicted octanol–water partition coefficient (Wildman–Crippen LogP) is -2.52. The quantitative estimate of drug-likeness (QED) is 0.333. The second kappa shape index (κ2) is 5.07. The van der Waals surface area contributed by atoms with Gasteiger partial charge in [-0.3, -0.25) is 0 Å². The van der Waals surface area contributed by atoms with Crippen molar-refractivity contribution in [2.75, 3.05) is 6.61 Å². The molecule has 0 aliphatic rings. The van der Waals surface area contributed by atoms with Crippen LogP contribution in [0, 0.1) is 0 Å². The Kier molecular flexibility index (Phi) is 4.78. The zero-order chi connectivity index (χ0) is 10.6. The van der Waals surface area contributed by atoms with Crippen LogP contribution in [0.3, 0.4) is 0 Å². The highest BCUT2D eigenvalue weighted by atomic mass is 19.1. The average Bonchev–Trinajstić information content (AvgIpc) is 2.12. The van der Waals surface area contributed by atoms with E-state index in [0.717, 1.165) is 0 Å². The molecule has 0 rings (SSSR count). The SMILES string of the molecule is O=C(O)C(O)C(F)C(O)C(O)CO. The molecule has 0 aromatic carbocycles. The van der Waals surface area contributed by atoms with Crippen LogP contribution in [0.1, 0.15) is 0 Å². The zero-order valence-electron chi connectivity index (χ0n) is 6.54. The maximum Gasteiger partial charge on any atom is 0.335 e. The monoisotopic (exact) mass is 198 g/mol. The Bertz CT molecular complexity index is 175. The van der Waals surface area contributed by atoms with Crippen molar-refractivity contribution in [1.82, 2.24) is 0 Å². The summed E-state index contributed by atoms with van der Waals surface area (Å²) in [7, 11) is 0. The number of hydrogen-bond donors (Lipinski definition) is 5. The van der Waals surface area contributed by atoms with Gasteiger partial charge in [-0.25, -0.2) is 9.18 Å². The number of carboxylic acids is 1. The molecular formula is C6H11FO6. The van der Waals surface area contributed by atoms with Gasteiger partial charge in [0.15, 0.2) is 12.3 Å². The van der Waals surface area contributed by atoms with Crippen LogP contribution in [0.2, 0.25) is 0 Å². The molecule has 0 aliphatic heterocycles. The van der Waals surface area contributed by atoms with Gasteiger partial charge in [0.25, 0.3) is 0 Å². The molecule has 0 radical (unpaired) electrons. The second-order valence-corrected chi connectivity index (χ2v) is 2.47. The number of aliphatic carboxylic acids is 1. The number of hydrogen-bond acceptors (Lipinski definition) is 5. The summed E-state index contributed by atoms with van der Waals surface area (Å²) < 4.78 is 12.7. The largest absolute Gasteiger partial charge is 0.479 e. The summed E-state index contributed by atoms with van der Waals surface area (Å²) in [6.45, 7) is -0.923. The smallest absolute Gasteiger partial charge is 0.335 e. The molecule has 0 aliphatic carbocycles. The molecule has 0 bridgehead atoms. The Morgan fingerprint density at radius 3 is 2.08 bits per heavy atom. The van der Waals surface area contributed by atoms with Gasteiger partial charge in [-0.15, -0.1) is 0 Å². The summed E-state index contributed by atoms with van der Waals surface area (Å²) in [5, 5.41) is 42.4. The van der Waals surface area contributed by atoms with Crippen molar-refractivity contribution in [2.24, 2.45) is 0 Å². The van der Waals surface area contributed by atoms with E-state index in [-0.39, 0.29) is 0 Å². The number of rotatable bonds is 5. The van der Waals surface area contributed by atoms with Crippen LogP contribution >= 0.6 is 0 Å². The lowest BCUT2D eigenvalue weighted by atomic mass is 10.1. The van der Waals surface area contributed by atoms with E-state index in [1.807, 2.05) is 0 Å². The van der Waals surface area contributed by atoms with E-state index in [2.05, 4.69) is 0 Å². The molecule has 6 nitrogen and oxygen atoms in total. The van der Waals surface area contributed by atoms with Gasteiger partial charge in [0, 0.05) is 0 Å². The molecule has 0 aromatic heterocycles. The van der Waals surface area contributed by atoms with Crippen molar-refractivity contribution in [3.8, 4) is 0 Å². The van der Waals surface area contributed by atoms with E-state index >= 15 is 0 Å². The number of alkyl halides is 1. The number of carbonyl (C=O) groups is 1. The highest BCUT2D eigenvalue weighted by Crippen LogP contribution is 2.09. The minimum Gasteiger partial charge on any atom is -0.479 e. The molecule has 0 aromatic rings. The molecule has 4 unspecified atom stereocenters. The molecule has 0 saturated carbocycles. The maximum atomic E-state index is 12.7. The van der Waals surface area contributed by atoms with E-state index in [4.69, 9.17) is 25.5 Å². The Hall–Kier alpha value is -0.760. The molecule has 0 heterocycles. The van der Waals surface area contributed by atoms with E-state index in [1.165, 1.54) is 0 Å². The van der Waals surface area contributed by atoms with Gasteiger partial charge in [0.1, 0.15) is 12.2 Å². The van der Waals surface area contributed by atoms with Crippen molar-refractivity contribution in [3.63, 3.8) is 0 Å². The summed E-state index contributed by atoms with van der Waals surface area (Å²) in [6.07, 6.45) is -8.91. The van der Waals surface area contributed by atoms with Crippen LogP contribution in [0.4, 0.5) is 4.39 Å². The minimum absolute atomic E-state index is 0.923. The number of aliphatic hydroxyl groups excluding tert-OH is 4. The maximum absolute atomic E-state index is 12.7. The third-order valence-corrected chi connectivity index (χ3v) is 1.46. The molecule has 0 spiro atoms. The minimum atomic E-state index is -2.54. The molecular weight excluding hydrogens is 187 g/mol. The lowest BCUT2D eigenvalue weighted by molar-refractivity contribution is -0.157. The van der Waals surface area contributed by atoms with Crippen LogP contribution < -0.4 is 0 Å². The van der Waals surface area contributed by atoms with E-state index in [1.54, 1.807) is 0 Å². The average molecular weight is 198 g/mol. The second-order valence-electron chi connectivity index (χ2n) is 2.47. The third-order valence-electron chi connectivity index (χ3n) is 1.46. The number of aliphatic hydroxyl groups is 4. The van der Waals surface area contributed by atoms with Crippen molar-refractivity contribution >= 4 is 5.97 Å². The Morgan fingerprint density at radius 1 is 1.31 bits per heavy atom. The van der Waals surface area contributed by atoms with Crippen LogP contribution in [0.25, 0.3) is 0 Å². The molecule has 4 atom stereocenters. The Labute approximate surface area is 72.9 Å². The third kappa shape index (κ3) is 3.23. The first-order valence-electron chi connectivity index (χ1n) is 3.43. The Balaban J connectivity index is 4.24. The van der Waals surface area contributed by atoms with E-state index in [0.29, 0.717) is 0 Å².